The topological polar surface area (TPSA) is 46.3 Å². The molecule has 0 aliphatic carbocycles. The average molecular weight is 238 g/mol. The van der Waals surface area contributed by atoms with Gasteiger partial charge in [0, 0.05) is 7.05 Å². The zero-order valence-electron chi connectivity index (χ0n) is 8.87. The number of carbonyl (C=O) groups excluding carboxylic acids is 1. The van der Waals surface area contributed by atoms with Crippen molar-refractivity contribution in [3.8, 4) is 0 Å². The molecule has 0 aromatic carbocycles. The molecule has 0 aliphatic rings. The fraction of sp³-hybridized carbons (Fsp3) is 0.778. The molecule has 6 heteroatoms. The van der Waals surface area contributed by atoms with E-state index >= 15 is 0 Å². The van der Waals surface area contributed by atoms with Crippen LogP contribution in [0.1, 0.15) is 19.8 Å². The summed E-state index contributed by atoms with van der Waals surface area (Å²) in [4.78, 5) is 12.7. The summed E-state index contributed by atoms with van der Waals surface area (Å²) in [6, 6.07) is 0. The summed E-state index contributed by atoms with van der Waals surface area (Å²) < 4.78 is 24.1. The number of carbonyl (C=O) groups is 1. The second-order valence-corrected chi connectivity index (χ2v) is 3.82. The minimum Gasteiger partial charge on any atom is -0.393 e. The SMILES string of the molecule is CCCC(C(=O)N(C)CC(F)F)C(N)=S. The zero-order valence-corrected chi connectivity index (χ0v) is 9.69. The highest BCUT2D eigenvalue weighted by atomic mass is 32.1. The van der Waals surface area contributed by atoms with Crippen LogP contribution < -0.4 is 5.73 Å². The molecule has 0 heterocycles. The normalized spacial score (nSPS) is 12.6. The molecule has 0 saturated carbocycles. The van der Waals surface area contributed by atoms with E-state index in [1.165, 1.54) is 7.05 Å². The first-order valence-electron chi connectivity index (χ1n) is 4.72. The molecule has 1 unspecified atom stereocenters. The van der Waals surface area contributed by atoms with Crippen LogP contribution in [0.5, 0.6) is 0 Å². The van der Waals surface area contributed by atoms with Gasteiger partial charge < -0.3 is 10.6 Å². The molecule has 0 fully saturated rings. The van der Waals surface area contributed by atoms with Gasteiger partial charge in [0.1, 0.15) is 0 Å². The predicted octanol–water partition coefficient (Wildman–Crippen LogP) is 1.41. The summed E-state index contributed by atoms with van der Waals surface area (Å²) in [5, 5.41) is 0. The Hall–Kier alpha value is -0.780. The molecule has 0 radical (unpaired) electrons. The smallest absolute Gasteiger partial charge is 0.255 e. The molecule has 3 nitrogen and oxygen atoms in total. The lowest BCUT2D eigenvalue weighted by atomic mass is 10.0. The summed E-state index contributed by atoms with van der Waals surface area (Å²) in [5.74, 6) is -1.04. The molecule has 0 aliphatic heterocycles. The maximum Gasteiger partial charge on any atom is 0.255 e. The highest BCUT2D eigenvalue weighted by molar-refractivity contribution is 7.80. The summed E-state index contributed by atoms with van der Waals surface area (Å²) in [6.45, 7) is 1.30. The summed E-state index contributed by atoms with van der Waals surface area (Å²) in [7, 11) is 1.33. The Morgan fingerprint density at radius 2 is 2.07 bits per heavy atom. The molecular formula is C9H16F2N2OS. The van der Waals surface area contributed by atoms with E-state index in [-0.39, 0.29) is 4.99 Å². The van der Waals surface area contributed by atoms with Crippen molar-refractivity contribution >= 4 is 23.1 Å². The van der Waals surface area contributed by atoms with Crippen molar-refractivity contribution in [2.45, 2.75) is 26.2 Å². The van der Waals surface area contributed by atoms with Crippen LogP contribution >= 0.6 is 12.2 Å². The Morgan fingerprint density at radius 3 is 2.40 bits per heavy atom. The van der Waals surface area contributed by atoms with Gasteiger partial charge in [-0.25, -0.2) is 8.78 Å². The van der Waals surface area contributed by atoms with Gasteiger partial charge >= 0.3 is 0 Å². The van der Waals surface area contributed by atoms with Crippen molar-refractivity contribution in [3.63, 3.8) is 0 Å². The van der Waals surface area contributed by atoms with Crippen molar-refractivity contribution in [1.82, 2.24) is 4.90 Å². The molecule has 2 N–H and O–H groups in total. The largest absolute Gasteiger partial charge is 0.393 e. The molecule has 1 atom stereocenters. The summed E-state index contributed by atoms with van der Waals surface area (Å²) >= 11 is 4.73. The van der Waals surface area contributed by atoms with Gasteiger partial charge in [-0.15, -0.1) is 0 Å². The lowest BCUT2D eigenvalue weighted by molar-refractivity contribution is -0.133. The number of rotatable bonds is 6. The van der Waals surface area contributed by atoms with Crippen LogP contribution in [-0.4, -0.2) is 35.8 Å². The monoisotopic (exact) mass is 238 g/mol. The minimum absolute atomic E-state index is 0.0722. The molecule has 88 valence electrons. The van der Waals surface area contributed by atoms with Crippen LogP contribution in [0.2, 0.25) is 0 Å². The van der Waals surface area contributed by atoms with Gasteiger partial charge in [0.05, 0.1) is 17.5 Å². The second-order valence-electron chi connectivity index (χ2n) is 3.35. The first-order chi connectivity index (χ1) is 6.90. The lowest BCUT2D eigenvalue weighted by Crippen LogP contribution is -2.41. The van der Waals surface area contributed by atoms with Crippen LogP contribution in [0.4, 0.5) is 8.78 Å². The highest BCUT2D eigenvalue weighted by Crippen LogP contribution is 2.11. The maximum absolute atomic E-state index is 12.0. The van der Waals surface area contributed by atoms with Gasteiger partial charge in [-0.2, -0.15) is 0 Å². The molecule has 0 rings (SSSR count). The number of nitrogens with two attached hydrogens (primary N) is 1. The van der Waals surface area contributed by atoms with Gasteiger partial charge in [-0.05, 0) is 6.42 Å². The third kappa shape index (κ3) is 5.01. The van der Waals surface area contributed by atoms with E-state index in [1.807, 2.05) is 6.92 Å². The lowest BCUT2D eigenvalue weighted by Gasteiger charge is -2.22. The first-order valence-corrected chi connectivity index (χ1v) is 5.13. The van der Waals surface area contributed by atoms with E-state index in [2.05, 4.69) is 0 Å². The molecule has 0 spiro atoms. The van der Waals surface area contributed by atoms with E-state index in [0.29, 0.717) is 6.42 Å². The fourth-order valence-electron chi connectivity index (χ4n) is 1.24. The Labute approximate surface area is 93.6 Å². The molecule has 0 saturated heterocycles. The second kappa shape index (κ2) is 6.66. The number of hydrogen-bond donors (Lipinski definition) is 1. The molecule has 1 amide bonds. The third-order valence-corrected chi connectivity index (χ3v) is 2.29. The van der Waals surface area contributed by atoms with Crippen molar-refractivity contribution in [3.05, 3.63) is 0 Å². The summed E-state index contributed by atoms with van der Waals surface area (Å²) in [5.41, 5.74) is 5.39. The minimum atomic E-state index is -2.53. The Kier molecular flexibility index (Phi) is 6.31. The first kappa shape index (κ1) is 14.2. The number of alkyl halides is 2. The van der Waals surface area contributed by atoms with Crippen LogP contribution in [-0.2, 0) is 4.79 Å². The van der Waals surface area contributed by atoms with Crippen molar-refractivity contribution in [2.24, 2.45) is 11.7 Å². The zero-order chi connectivity index (χ0) is 12.0. The number of thiocarbonyl (C=S) groups is 1. The molecule has 0 aromatic heterocycles. The van der Waals surface area contributed by atoms with Gasteiger partial charge in [0.2, 0.25) is 5.91 Å². The van der Waals surface area contributed by atoms with Gasteiger partial charge in [0.15, 0.2) is 0 Å². The Balaban J connectivity index is 4.42. The molecule has 0 aromatic rings. The van der Waals surface area contributed by atoms with Crippen molar-refractivity contribution in [1.29, 1.82) is 0 Å². The van der Waals surface area contributed by atoms with E-state index in [1.54, 1.807) is 0 Å². The molecular weight excluding hydrogens is 222 g/mol. The predicted molar refractivity (Wildman–Crippen MR) is 58.8 cm³/mol. The average Bonchev–Trinajstić information content (AvgIpc) is 2.11. The van der Waals surface area contributed by atoms with Crippen LogP contribution in [0.25, 0.3) is 0 Å². The third-order valence-electron chi connectivity index (χ3n) is 2.01. The molecule has 15 heavy (non-hydrogen) atoms. The molecule has 0 bridgehead atoms. The van der Waals surface area contributed by atoms with Crippen molar-refractivity contribution < 1.29 is 13.6 Å². The van der Waals surface area contributed by atoms with Crippen LogP contribution in [0.3, 0.4) is 0 Å². The number of nitrogens with zero attached hydrogens (tertiary/aromatic N) is 1. The standard InChI is InChI=1S/C9H16F2N2OS/c1-3-4-6(8(12)15)9(14)13(2)5-7(10)11/h6-7H,3-5H2,1-2H3,(H2,12,15). The van der Waals surface area contributed by atoms with Crippen LogP contribution in [0, 0.1) is 5.92 Å². The number of hydrogen-bond acceptors (Lipinski definition) is 2. The van der Waals surface area contributed by atoms with Crippen LogP contribution in [0.15, 0.2) is 0 Å². The maximum atomic E-state index is 12.0. The Morgan fingerprint density at radius 1 is 1.53 bits per heavy atom. The van der Waals surface area contributed by atoms with E-state index < -0.39 is 24.8 Å². The highest BCUT2D eigenvalue weighted by Gasteiger charge is 2.25. The van der Waals surface area contributed by atoms with Gasteiger partial charge in [0.25, 0.3) is 6.43 Å². The summed E-state index contributed by atoms with van der Waals surface area (Å²) in [6.07, 6.45) is -1.30. The van der Waals surface area contributed by atoms with E-state index in [9.17, 15) is 13.6 Å². The quantitative estimate of drug-likeness (QED) is 0.712. The van der Waals surface area contributed by atoms with E-state index in [0.717, 1.165) is 11.3 Å². The number of halogens is 2. The Bertz CT molecular complexity index is 236. The van der Waals surface area contributed by atoms with Gasteiger partial charge in [-0.1, -0.05) is 25.6 Å². The van der Waals surface area contributed by atoms with Crippen molar-refractivity contribution in [2.75, 3.05) is 13.6 Å². The van der Waals surface area contributed by atoms with E-state index in [4.69, 9.17) is 18.0 Å². The number of amides is 1. The fourth-order valence-corrected chi connectivity index (χ4v) is 1.46. The van der Waals surface area contributed by atoms with Gasteiger partial charge in [-0.3, -0.25) is 4.79 Å².